The molecule has 2 rings (SSSR count). The fourth-order valence-corrected chi connectivity index (χ4v) is 3.41. The fraction of sp³-hybridized carbons (Fsp3) is 0.917. The smallest absolute Gasteiger partial charge is 0.303 e. The number of rotatable bonds is 5. The summed E-state index contributed by atoms with van der Waals surface area (Å²) < 4.78 is 0. The SMILES string of the molecule is O=C(O)CCCCC1CC2CCC1C2. The second-order valence-electron chi connectivity index (χ2n) is 5.07. The van der Waals surface area contributed by atoms with Gasteiger partial charge in [0.1, 0.15) is 0 Å². The third-order valence-electron chi connectivity index (χ3n) is 4.10. The van der Waals surface area contributed by atoms with Gasteiger partial charge in [-0.25, -0.2) is 0 Å². The first-order valence-electron chi connectivity index (χ1n) is 5.97. The summed E-state index contributed by atoms with van der Waals surface area (Å²) in [5.41, 5.74) is 0. The molecule has 0 heterocycles. The van der Waals surface area contributed by atoms with Crippen molar-refractivity contribution in [3.63, 3.8) is 0 Å². The molecule has 0 saturated heterocycles. The summed E-state index contributed by atoms with van der Waals surface area (Å²) in [6.07, 6.45) is 9.49. The van der Waals surface area contributed by atoms with Gasteiger partial charge in [0.25, 0.3) is 0 Å². The minimum absolute atomic E-state index is 0.362. The molecule has 2 aliphatic carbocycles. The molecular weight excluding hydrogens is 176 g/mol. The molecule has 0 aliphatic heterocycles. The Morgan fingerprint density at radius 3 is 2.64 bits per heavy atom. The van der Waals surface area contributed by atoms with Crippen molar-refractivity contribution in [2.24, 2.45) is 17.8 Å². The van der Waals surface area contributed by atoms with E-state index in [0.717, 1.165) is 30.6 Å². The molecular formula is C12H20O2. The van der Waals surface area contributed by atoms with Crippen LogP contribution in [0.3, 0.4) is 0 Å². The standard InChI is InChI=1S/C12H20O2/c13-12(14)4-2-1-3-10-7-9-5-6-11(10)8-9/h9-11H,1-8H2,(H,13,14). The molecule has 2 aliphatic rings. The average molecular weight is 196 g/mol. The molecule has 1 N–H and O–H groups in total. The van der Waals surface area contributed by atoms with E-state index < -0.39 is 5.97 Å². The Balaban J connectivity index is 1.60. The van der Waals surface area contributed by atoms with E-state index in [0.29, 0.717) is 6.42 Å². The lowest BCUT2D eigenvalue weighted by Crippen LogP contribution is -2.10. The average Bonchev–Trinajstić information content (AvgIpc) is 2.73. The molecule has 80 valence electrons. The van der Waals surface area contributed by atoms with E-state index in [-0.39, 0.29) is 0 Å². The van der Waals surface area contributed by atoms with Gasteiger partial charge in [-0.3, -0.25) is 4.79 Å². The summed E-state index contributed by atoms with van der Waals surface area (Å²) >= 11 is 0. The van der Waals surface area contributed by atoms with Gasteiger partial charge in [-0.1, -0.05) is 19.3 Å². The summed E-state index contributed by atoms with van der Waals surface area (Å²) in [6.45, 7) is 0. The number of hydrogen-bond acceptors (Lipinski definition) is 1. The van der Waals surface area contributed by atoms with Crippen LogP contribution in [0.4, 0.5) is 0 Å². The first-order chi connectivity index (χ1) is 6.75. The van der Waals surface area contributed by atoms with Crippen molar-refractivity contribution < 1.29 is 9.90 Å². The van der Waals surface area contributed by atoms with Gasteiger partial charge in [0.05, 0.1) is 0 Å². The summed E-state index contributed by atoms with van der Waals surface area (Å²) in [7, 11) is 0. The Kier molecular flexibility index (Phi) is 3.09. The van der Waals surface area contributed by atoms with Gasteiger partial charge in [0, 0.05) is 6.42 Å². The predicted octanol–water partition coefficient (Wildman–Crippen LogP) is 3.07. The Labute approximate surface area is 85.7 Å². The molecule has 0 amide bonds. The summed E-state index contributed by atoms with van der Waals surface area (Å²) in [5, 5.41) is 8.51. The van der Waals surface area contributed by atoms with Crippen LogP contribution in [0.15, 0.2) is 0 Å². The largest absolute Gasteiger partial charge is 0.481 e. The summed E-state index contributed by atoms with van der Waals surface area (Å²) in [4.78, 5) is 10.3. The number of fused-ring (bicyclic) bond motifs is 2. The van der Waals surface area contributed by atoms with Crippen LogP contribution in [0.1, 0.15) is 51.4 Å². The van der Waals surface area contributed by atoms with E-state index in [1.54, 1.807) is 0 Å². The van der Waals surface area contributed by atoms with Crippen molar-refractivity contribution in [3.05, 3.63) is 0 Å². The molecule has 14 heavy (non-hydrogen) atoms. The molecule has 2 nitrogen and oxygen atoms in total. The minimum atomic E-state index is -0.641. The van der Waals surface area contributed by atoms with Crippen molar-refractivity contribution in [1.29, 1.82) is 0 Å². The first-order valence-corrected chi connectivity index (χ1v) is 5.97. The van der Waals surface area contributed by atoms with E-state index in [4.69, 9.17) is 5.11 Å². The lowest BCUT2D eigenvalue weighted by atomic mass is 9.85. The number of unbranched alkanes of at least 4 members (excludes halogenated alkanes) is 1. The normalized spacial score (nSPS) is 35.0. The van der Waals surface area contributed by atoms with E-state index in [9.17, 15) is 4.79 Å². The van der Waals surface area contributed by atoms with Crippen molar-refractivity contribution >= 4 is 5.97 Å². The highest BCUT2D eigenvalue weighted by atomic mass is 16.4. The Hall–Kier alpha value is -0.530. The molecule has 0 aromatic rings. The van der Waals surface area contributed by atoms with Crippen LogP contribution < -0.4 is 0 Å². The van der Waals surface area contributed by atoms with Gasteiger partial charge in [0.15, 0.2) is 0 Å². The van der Waals surface area contributed by atoms with Gasteiger partial charge in [-0.2, -0.15) is 0 Å². The maximum Gasteiger partial charge on any atom is 0.303 e. The molecule has 0 aromatic heterocycles. The van der Waals surface area contributed by atoms with Crippen molar-refractivity contribution in [3.8, 4) is 0 Å². The van der Waals surface area contributed by atoms with Crippen LogP contribution in [0.25, 0.3) is 0 Å². The lowest BCUT2D eigenvalue weighted by molar-refractivity contribution is -0.137. The Bertz CT molecular complexity index is 212. The molecule has 3 unspecified atom stereocenters. The maximum atomic E-state index is 10.3. The van der Waals surface area contributed by atoms with E-state index >= 15 is 0 Å². The zero-order chi connectivity index (χ0) is 9.97. The molecule has 3 atom stereocenters. The van der Waals surface area contributed by atoms with E-state index in [1.165, 1.54) is 32.1 Å². The van der Waals surface area contributed by atoms with Crippen LogP contribution in [-0.2, 0) is 4.79 Å². The molecule has 2 saturated carbocycles. The Morgan fingerprint density at radius 2 is 2.07 bits per heavy atom. The van der Waals surface area contributed by atoms with Gasteiger partial charge < -0.3 is 5.11 Å². The highest BCUT2D eigenvalue weighted by Gasteiger charge is 2.38. The third-order valence-corrected chi connectivity index (χ3v) is 4.10. The van der Waals surface area contributed by atoms with Gasteiger partial charge in [-0.15, -0.1) is 0 Å². The molecule has 0 spiro atoms. The van der Waals surface area contributed by atoms with Crippen molar-refractivity contribution in [1.82, 2.24) is 0 Å². The number of carboxylic acid groups (broad SMARTS) is 1. The minimum Gasteiger partial charge on any atom is -0.481 e. The Morgan fingerprint density at radius 1 is 1.21 bits per heavy atom. The van der Waals surface area contributed by atoms with E-state index in [1.807, 2.05) is 0 Å². The van der Waals surface area contributed by atoms with Crippen LogP contribution >= 0.6 is 0 Å². The first kappa shape index (κ1) is 10.0. The van der Waals surface area contributed by atoms with Crippen LogP contribution in [0.2, 0.25) is 0 Å². The molecule has 0 radical (unpaired) electrons. The second kappa shape index (κ2) is 4.33. The number of carbonyl (C=O) groups is 1. The third kappa shape index (κ3) is 2.28. The van der Waals surface area contributed by atoms with Crippen LogP contribution in [0.5, 0.6) is 0 Å². The molecule has 0 aromatic carbocycles. The van der Waals surface area contributed by atoms with Crippen molar-refractivity contribution in [2.45, 2.75) is 51.4 Å². The summed E-state index contributed by atoms with van der Waals surface area (Å²) in [6, 6.07) is 0. The van der Waals surface area contributed by atoms with Crippen LogP contribution in [-0.4, -0.2) is 11.1 Å². The highest BCUT2D eigenvalue weighted by molar-refractivity contribution is 5.66. The number of hydrogen-bond donors (Lipinski definition) is 1. The van der Waals surface area contributed by atoms with E-state index in [2.05, 4.69) is 0 Å². The van der Waals surface area contributed by atoms with Crippen LogP contribution in [0, 0.1) is 17.8 Å². The predicted molar refractivity (Wildman–Crippen MR) is 55.0 cm³/mol. The lowest BCUT2D eigenvalue weighted by Gasteiger charge is -2.21. The van der Waals surface area contributed by atoms with Crippen molar-refractivity contribution in [2.75, 3.05) is 0 Å². The molecule has 2 bridgehead atoms. The number of aliphatic carboxylic acids is 1. The molecule has 2 fully saturated rings. The second-order valence-corrected chi connectivity index (χ2v) is 5.07. The van der Waals surface area contributed by atoms with Gasteiger partial charge in [-0.05, 0) is 43.4 Å². The highest BCUT2D eigenvalue weighted by Crippen LogP contribution is 2.49. The van der Waals surface area contributed by atoms with Gasteiger partial charge >= 0.3 is 5.97 Å². The maximum absolute atomic E-state index is 10.3. The quantitative estimate of drug-likeness (QED) is 0.686. The monoisotopic (exact) mass is 196 g/mol. The zero-order valence-corrected chi connectivity index (χ0v) is 8.74. The topological polar surface area (TPSA) is 37.3 Å². The molecule has 2 heteroatoms. The fourth-order valence-electron chi connectivity index (χ4n) is 3.41. The van der Waals surface area contributed by atoms with Gasteiger partial charge in [0.2, 0.25) is 0 Å². The number of carboxylic acids is 1. The zero-order valence-electron chi connectivity index (χ0n) is 8.74. The summed E-state index contributed by atoms with van der Waals surface area (Å²) in [5.74, 6) is 2.34.